The Morgan fingerprint density at radius 2 is 0.930 bits per heavy atom. The Kier molecular flexibility index (Phi) is 16.2. The van der Waals surface area contributed by atoms with Crippen LogP contribution in [0.4, 0.5) is 52.7 Å². The molecule has 0 saturated heterocycles. The highest BCUT2D eigenvalue weighted by atomic mass is 19.4. The van der Waals surface area contributed by atoms with Crippen LogP contribution in [0.5, 0.6) is 17.2 Å². The maximum atomic E-state index is 14.0. The molecule has 0 aliphatic rings. The number of nitrogens with zero attached hydrogens (tertiary/aromatic N) is 1. The number of hydrogen-bond acceptors (Lipinski definition) is 3. The molecule has 0 N–H and O–H groups in total. The zero-order chi connectivity index (χ0) is 42.7. The molecule has 0 heterocycles. The Balaban J connectivity index is 0.000000754. The van der Waals surface area contributed by atoms with Crippen LogP contribution < -0.4 is 14.0 Å². The minimum atomic E-state index is -4.67. The number of alkyl halides is 12. The van der Waals surface area contributed by atoms with Crippen molar-refractivity contribution < 1.29 is 71.1 Å². The van der Waals surface area contributed by atoms with Crippen molar-refractivity contribution in [3.8, 4) is 17.2 Å². The molecule has 0 aliphatic carbocycles. The fourth-order valence-corrected chi connectivity index (χ4v) is 6.16. The van der Waals surface area contributed by atoms with Gasteiger partial charge in [0.2, 0.25) is 0 Å². The number of benzene rings is 4. The predicted octanol–water partition coefficient (Wildman–Crippen LogP) is 13.3. The first kappa shape index (κ1) is 46.8. The standard InChI is InChI=1S/C33H38BF9NO3.C7H4F3/c1-5-9-10-11-29(44(6-2,7-3)8-4)28-22-25(33(41,42)43)16-21-30(28)47-34(45-26-17-12-23(13-18-26)31(35,36)37)46-27-19-14-24(15-20-27)32(38,39)40;8-7(9,10)6-4-2-1-3-5-6/h12-22,29H,5-11H2,1-4H3;2-5H/q+1;-1. The van der Waals surface area contributed by atoms with E-state index in [0.29, 0.717) is 30.5 Å². The van der Waals surface area contributed by atoms with Gasteiger partial charge in [0, 0.05) is 6.42 Å². The van der Waals surface area contributed by atoms with E-state index in [-0.39, 0.29) is 22.8 Å². The lowest BCUT2D eigenvalue weighted by molar-refractivity contribution is -0.953. The summed E-state index contributed by atoms with van der Waals surface area (Å²) >= 11 is 0. The summed E-state index contributed by atoms with van der Waals surface area (Å²) in [5, 5.41) is 0. The molecule has 0 spiro atoms. The lowest BCUT2D eigenvalue weighted by Gasteiger charge is -2.44. The van der Waals surface area contributed by atoms with E-state index in [2.05, 4.69) is 6.07 Å². The monoisotopic (exact) mass is 823 g/mol. The van der Waals surface area contributed by atoms with E-state index in [1.807, 2.05) is 27.7 Å². The smallest absolute Gasteiger partial charge is 0.490 e. The van der Waals surface area contributed by atoms with E-state index in [1.165, 1.54) is 12.1 Å². The van der Waals surface area contributed by atoms with Crippen LogP contribution in [0.15, 0.2) is 91.0 Å². The molecule has 17 heteroatoms. The van der Waals surface area contributed by atoms with Gasteiger partial charge in [-0.05, 0) is 93.9 Å². The highest BCUT2D eigenvalue weighted by Crippen LogP contribution is 2.42. The Morgan fingerprint density at radius 1 is 0.526 bits per heavy atom. The van der Waals surface area contributed by atoms with Gasteiger partial charge in [-0.15, -0.1) is 0 Å². The summed E-state index contributed by atoms with van der Waals surface area (Å²) in [5.41, 5.74) is -3.21. The molecule has 1 unspecified atom stereocenters. The predicted molar refractivity (Wildman–Crippen MR) is 191 cm³/mol. The first-order valence-corrected chi connectivity index (χ1v) is 18.0. The molecule has 4 rings (SSSR count). The van der Waals surface area contributed by atoms with Crippen LogP contribution in [0.3, 0.4) is 0 Å². The fraction of sp³-hybridized carbons (Fsp3) is 0.400. The van der Waals surface area contributed by atoms with Crippen LogP contribution in [0.1, 0.15) is 87.2 Å². The molecule has 4 aromatic carbocycles. The minimum Gasteiger partial charge on any atom is -0.490 e. The van der Waals surface area contributed by atoms with Gasteiger partial charge in [0.1, 0.15) is 23.3 Å². The lowest BCUT2D eigenvalue weighted by atomic mass is 9.93. The van der Waals surface area contributed by atoms with E-state index in [9.17, 15) is 52.7 Å². The van der Waals surface area contributed by atoms with Crippen LogP contribution in [0.25, 0.3) is 0 Å². The normalized spacial score (nSPS) is 13.0. The molecule has 4 nitrogen and oxygen atoms in total. The second-order valence-corrected chi connectivity index (χ2v) is 12.9. The summed E-state index contributed by atoms with van der Waals surface area (Å²) in [5.74, 6) is -0.325. The third-order valence-corrected chi connectivity index (χ3v) is 9.42. The average molecular weight is 824 g/mol. The highest BCUT2D eigenvalue weighted by molar-refractivity contribution is 6.39. The fourth-order valence-electron chi connectivity index (χ4n) is 6.16. The third kappa shape index (κ3) is 13.5. The summed E-state index contributed by atoms with van der Waals surface area (Å²) < 4.78 is 174. The summed E-state index contributed by atoms with van der Waals surface area (Å²) in [4.78, 5) is 0. The first-order valence-electron chi connectivity index (χ1n) is 18.0. The average Bonchev–Trinajstić information content (AvgIpc) is 3.15. The maximum Gasteiger partial charge on any atom is 0.864 e. The molecule has 57 heavy (non-hydrogen) atoms. The number of quaternary nitrogens is 1. The zero-order valence-electron chi connectivity index (χ0n) is 31.5. The molecule has 4 aromatic rings. The Morgan fingerprint density at radius 3 is 1.30 bits per heavy atom. The van der Waals surface area contributed by atoms with Gasteiger partial charge in [0.05, 0.1) is 41.9 Å². The van der Waals surface area contributed by atoms with E-state index in [1.54, 1.807) is 0 Å². The van der Waals surface area contributed by atoms with Crippen molar-refractivity contribution in [3.05, 3.63) is 125 Å². The van der Waals surface area contributed by atoms with Crippen molar-refractivity contribution in [1.82, 2.24) is 0 Å². The third-order valence-electron chi connectivity index (χ3n) is 9.42. The van der Waals surface area contributed by atoms with Gasteiger partial charge in [0.25, 0.3) is 0 Å². The second kappa shape index (κ2) is 19.7. The quantitative estimate of drug-likeness (QED) is 0.0393. The maximum absolute atomic E-state index is 14.0. The summed E-state index contributed by atoms with van der Waals surface area (Å²) in [6.45, 7) is 9.69. The molecular weight excluding hydrogens is 781 g/mol. The second-order valence-electron chi connectivity index (χ2n) is 12.9. The summed E-state index contributed by atoms with van der Waals surface area (Å²) in [7, 11) is -1.82. The van der Waals surface area contributed by atoms with E-state index >= 15 is 0 Å². The number of hydrogen-bond donors (Lipinski definition) is 0. The van der Waals surface area contributed by atoms with Gasteiger partial charge >= 0.3 is 32.0 Å². The van der Waals surface area contributed by atoms with Gasteiger partial charge in [0.15, 0.2) is 0 Å². The van der Waals surface area contributed by atoms with Gasteiger partial charge < -0.3 is 18.4 Å². The topological polar surface area (TPSA) is 27.7 Å². The number of halogens is 12. The van der Waals surface area contributed by atoms with Crippen LogP contribution in [-0.4, -0.2) is 31.4 Å². The molecule has 0 aliphatic heterocycles. The van der Waals surface area contributed by atoms with Crippen molar-refractivity contribution in [2.24, 2.45) is 0 Å². The van der Waals surface area contributed by atoms with Crippen molar-refractivity contribution in [3.63, 3.8) is 0 Å². The molecule has 1 atom stereocenters. The van der Waals surface area contributed by atoms with Crippen LogP contribution >= 0.6 is 0 Å². The number of rotatable bonds is 15. The molecule has 0 saturated carbocycles. The Labute approximate surface area is 324 Å². The lowest BCUT2D eigenvalue weighted by Crippen LogP contribution is -2.50. The van der Waals surface area contributed by atoms with Gasteiger partial charge in [-0.1, -0.05) is 25.3 Å². The molecule has 0 aromatic heterocycles. The molecule has 312 valence electrons. The summed E-state index contributed by atoms with van der Waals surface area (Å²) in [6, 6.07) is 16.6. The molecular formula is C40H42BF12NO3. The molecule has 0 fully saturated rings. The van der Waals surface area contributed by atoms with E-state index in [0.717, 1.165) is 98.1 Å². The Hall–Kier alpha value is -4.54. The SMILES string of the molecule is CCCCCC(c1cc(C(F)(F)F)ccc1OB(Oc1ccc(C(F)(F)F)cc1)Oc1ccc(C(F)(F)F)cc1)[N+](CC)(CC)CC.FC(F)(F)c1cc[c-]cc1. The molecule has 0 radical (unpaired) electrons. The van der Waals surface area contributed by atoms with Crippen LogP contribution in [0, 0.1) is 6.07 Å². The molecule has 0 amide bonds. The van der Waals surface area contributed by atoms with E-state index in [4.69, 9.17) is 14.0 Å². The number of unbranched alkanes of at least 4 members (excludes halogenated alkanes) is 2. The van der Waals surface area contributed by atoms with Crippen molar-refractivity contribution in [1.29, 1.82) is 0 Å². The van der Waals surface area contributed by atoms with Crippen molar-refractivity contribution in [2.75, 3.05) is 19.6 Å². The molecule has 0 bridgehead atoms. The van der Waals surface area contributed by atoms with Gasteiger partial charge in [-0.2, -0.15) is 83.0 Å². The largest absolute Gasteiger partial charge is 0.864 e. The van der Waals surface area contributed by atoms with Gasteiger partial charge in [-0.25, -0.2) is 0 Å². The van der Waals surface area contributed by atoms with Gasteiger partial charge in [-0.3, -0.25) is 0 Å². The highest BCUT2D eigenvalue weighted by Gasteiger charge is 2.41. The van der Waals surface area contributed by atoms with Crippen LogP contribution in [-0.2, 0) is 24.7 Å². The van der Waals surface area contributed by atoms with Crippen LogP contribution in [0.2, 0.25) is 0 Å². The zero-order valence-corrected chi connectivity index (χ0v) is 31.5. The Bertz CT molecular complexity index is 1720. The minimum absolute atomic E-state index is 0.0267. The summed E-state index contributed by atoms with van der Waals surface area (Å²) in [6.07, 6.45) is -15.2. The van der Waals surface area contributed by atoms with E-state index < -0.39 is 60.3 Å². The van der Waals surface area contributed by atoms with Crippen molar-refractivity contribution >= 4 is 7.32 Å². The van der Waals surface area contributed by atoms with Crippen molar-refractivity contribution in [2.45, 2.75) is 84.1 Å². The first-order chi connectivity index (χ1) is 26.6.